The van der Waals surface area contributed by atoms with Crippen LogP contribution in [-0.2, 0) is 19.6 Å². The van der Waals surface area contributed by atoms with Crippen LogP contribution >= 0.6 is 0 Å². The maximum Gasteiger partial charge on any atom is 0.356 e. The molecule has 1 fully saturated rings. The summed E-state index contributed by atoms with van der Waals surface area (Å²) in [4.78, 5) is 25.7. The molecular weight excluding hydrogens is 557 g/mol. The number of carbonyl (C=O) groups excluding carboxylic acids is 1. The van der Waals surface area contributed by atoms with Gasteiger partial charge in [0, 0.05) is 37.3 Å². The zero-order valence-electron chi connectivity index (χ0n) is 22.7. The van der Waals surface area contributed by atoms with Crippen LogP contribution in [0.15, 0.2) is 47.4 Å². The summed E-state index contributed by atoms with van der Waals surface area (Å²) in [6.07, 6.45) is 0.735. The highest BCUT2D eigenvalue weighted by Gasteiger charge is 2.26. The number of nitrogens with zero attached hydrogens (tertiary/aromatic N) is 3. The van der Waals surface area contributed by atoms with Crippen molar-refractivity contribution in [3.8, 4) is 17.3 Å². The normalized spacial score (nSPS) is 14.1. The van der Waals surface area contributed by atoms with E-state index < -0.39 is 21.8 Å². The molecule has 0 atom stereocenters. The number of carbonyl (C=O) groups is 2. The van der Waals surface area contributed by atoms with E-state index in [2.05, 4.69) is 20.0 Å². The number of ether oxygens (including phenoxy) is 2. The molecule has 1 aliphatic heterocycles. The van der Waals surface area contributed by atoms with Crippen LogP contribution in [-0.4, -0.2) is 79.5 Å². The molecule has 1 aromatic heterocycles. The molecule has 14 heteroatoms. The third kappa shape index (κ3) is 7.47. The Morgan fingerprint density at radius 3 is 2.61 bits per heavy atom. The Morgan fingerprint density at radius 1 is 1.17 bits per heavy atom. The van der Waals surface area contributed by atoms with Gasteiger partial charge in [-0.3, -0.25) is 9.69 Å². The van der Waals surface area contributed by atoms with E-state index in [0.717, 1.165) is 23.8 Å². The van der Waals surface area contributed by atoms with E-state index in [4.69, 9.17) is 9.47 Å². The van der Waals surface area contributed by atoms with E-state index in [-0.39, 0.29) is 58.0 Å². The summed E-state index contributed by atoms with van der Waals surface area (Å²) in [7, 11) is -4.16. The van der Waals surface area contributed by atoms with Crippen molar-refractivity contribution < 1.29 is 37.0 Å². The lowest BCUT2D eigenvalue weighted by molar-refractivity contribution is -0.115. The number of carboxylic acids is 1. The molecule has 0 aliphatic carbocycles. The number of carboxylic acid groups (broad SMARTS) is 1. The van der Waals surface area contributed by atoms with Gasteiger partial charge in [-0.15, -0.1) is 0 Å². The van der Waals surface area contributed by atoms with Gasteiger partial charge >= 0.3 is 5.97 Å². The third-order valence-corrected chi connectivity index (χ3v) is 7.90. The number of aromatic carboxylic acids is 1. The van der Waals surface area contributed by atoms with Gasteiger partial charge in [0.1, 0.15) is 16.5 Å². The largest absolute Gasteiger partial charge is 0.476 e. The van der Waals surface area contributed by atoms with Crippen LogP contribution < -0.4 is 14.8 Å². The first-order valence-electron chi connectivity index (χ1n) is 13.1. The number of rotatable bonds is 12. The van der Waals surface area contributed by atoms with E-state index in [1.54, 1.807) is 6.92 Å². The van der Waals surface area contributed by atoms with E-state index in [9.17, 15) is 27.5 Å². The molecule has 2 aromatic carbocycles. The number of amides is 1. The van der Waals surface area contributed by atoms with Crippen molar-refractivity contribution in [3.63, 3.8) is 0 Å². The van der Waals surface area contributed by atoms with Crippen molar-refractivity contribution in [2.75, 3.05) is 44.7 Å². The summed E-state index contributed by atoms with van der Waals surface area (Å²) in [5, 5.41) is 16.4. The highest BCUT2D eigenvalue weighted by Crippen LogP contribution is 2.35. The molecule has 220 valence electrons. The number of hydrogen-bond acceptors (Lipinski definition) is 8. The lowest BCUT2D eigenvalue weighted by atomic mass is 10.2. The highest BCUT2D eigenvalue weighted by molar-refractivity contribution is 7.89. The number of benzene rings is 2. The molecule has 1 saturated heterocycles. The molecule has 3 aromatic rings. The molecule has 0 unspecified atom stereocenters. The van der Waals surface area contributed by atoms with E-state index in [1.807, 2.05) is 0 Å². The quantitative estimate of drug-likeness (QED) is 0.271. The van der Waals surface area contributed by atoms with Gasteiger partial charge in [0.15, 0.2) is 5.69 Å². The Balaban J connectivity index is 1.68. The number of morpholine rings is 1. The van der Waals surface area contributed by atoms with Crippen LogP contribution in [0.3, 0.4) is 0 Å². The van der Waals surface area contributed by atoms with Crippen molar-refractivity contribution in [3.05, 3.63) is 59.5 Å². The fourth-order valence-electron chi connectivity index (χ4n) is 4.23. The van der Waals surface area contributed by atoms with Gasteiger partial charge in [0.05, 0.1) is 18.9 Å². The van der Waals surface area contributed by atoms with E-state index in [1.165, 1.54) is 43.3 Å². The van der Waals surface area contributed by atoms with Crippen LogP contribution in [0.2, 0.25) is 0 Å². The van der Waals surface area contributed by atoms with Crippen molar-refractivity contribution in [1.82, 2.24) is 19.4 Å². The second-order valence-corrected chi connectivity index (χ2v) is 11.1. The van der Waals surface area contributed by atoms with Crippen LogP contribution in [0, 0.1) is 12.7 Å². The van der Waals surface area contributed by atoms with Gasteiger partial charge in [-0.05, 0) is 56.3 Å². The average molecular weight is 590 g/mol. The molecule has 0 radical (unpaired) electrons. The monoisotopic (exact) mass is 589 g/mol. The molecule has 1 amide bonds. The predicted molar refractivity (Wildman–Crippen MR) is 148 cm³/mol. The van der Waals surface area contributed by atoms with Gasteiger partial charge in [-0.25, -0.2) is 22.3 Å². The smallest absolute Gasteiger partial charge is 0.356 e. The zero-order chi connectivity index (χ0) is 29.6. The number of hydrogen-bond donors (Lipinski definition) is 3. The van der Waals surface area contributed by atoms with E-state index in [0.29, 0.717) is 26.2 Å². The van der Waals surface area contributed by atoms with Gasteiger partial charge in [-0.1, -0.05) is 13.0 Å². The summed E-state index contributed by atoms with van der Waals surface area (Å²) in [6, 6.07) is 9.38. The standard InChI is InChI=1S/C27H32FN5O7S/c1-3-24(34)30-20-8-9-22(23(17-20)41(37,38)29-10-5-11-32-12-14-39-15-13-32)40-26-18(2)25(27(35)36)31-33(26)21-7-4-6-19(28)16-21/h4,6-9,16-17,29H,3,5,10-15H2,1-2H3,(H,30,34)(H,35,36). The molecule has 12 nitrogen and oxygen atoms in total. The van der Waals surface area contributed by atoms with Gasteiger partial charge in [0.2, 0.25) is 21.8 Å². The molecule has 1 aliphatic rings. The van der Waals surface area contributed by atoms with Crippen molar-refractivity contribution in [1.29, 1.82) is 0 Å². The maximum absolute atomic E-state index is 14.0. The predicted octanol–water partition coefficient (Wildman–Crippen LogP) is 3.16. The Hall–Kier alpha value is -3.85. The first-order valence-corrected chi connectivity index (χ1v) is 14.6. The van der Waals surface area contributed by atoms with Crippen molar-refractivity contribution in [2.24, 2.45) is 0 Å². The SMILES string of the molecule is CCC(=O)Nc1ccc(Oc2c(C)c(C(=O)O)nn2-c2cccc(F)c2)c(S(=O)(=O)NCCCN2CCOCC2)c1. The van der Waals surface area contributed by atoms with Gasteiger partial charge in [-0.2, -0.15) is 9.78 Å². The molecular formula is C27H32FN5O7S. The Labute approximate surface area is 237 Å². The van der Waals surface area contributed by atoms with Crippen molar-refractivity contribution in [2.45, 2.75) is 31.6 Å². The first-order chi connectivity index (χ1) is 19.6. The molecule has 41 heavy (non-hydrogen) atoms. The second kappa shape index (κ2) is 13.2. The van der Waals surface area contributed by atoms with Crippen LogP contribution in [0.25, 0.3) is 5.69 Å². The van der Waals surface area contributed by atoms with Gasteiger partial charge in [0.25, 0.3) is 0 Å². The highest BCUT2D eigenvalue weighted by atomic mass is 32.2. The summed E-state index contributed by atoms with van der Waals surface area (Å²) in [6.45, 7) is 6.78. The minimum absolute atomic E-state index is 0.104. The van der Waals surface area contributed by atoms with Gasteiger partial charge < -0.3 is 19.9 Å². The summed E-state index contributed by atoms with van der Waals surface area (Å²) in [5.74, 6) is -2.49. The number of sulfonamides is 1. The molecule has 0 saturated carbocycles. The number of nitrogens with one attached hydrogen (secondary N) is 2. The minimum Gasteiger partial charge on any atom is -0.476 e. The lowest BCUT2D eigenvalue weighted by Crippen LogP contribution is -2.38. The molecule has 0 spiro atoms. The molecule has 2 heterocycles. The Morgan fingerprint density at radius 2 is 1.93 bits per heavy atom. The third-order valence-electron chi connectivity index (χ3n) is 6.42. The lowest BCUT2D eigenvalue weighted by Gasteiger charge is -2.26. The number of anilines is 1. The summed E-state index contributed by atoms with van der Waals surface area (Å²) in [5.41, 5.74) is 0.168. The molecule has 4 rings (SSSR count). The maximum atomic E-state index is 14.0. The average Bonchev–Trinajstić information content (AvgIpc) is 3.28. The molecule has 3 N–H and O–H groups in total. The first kappa shape index (κ1) is 30.1. The summed E-state index contributed by atoms with van der Waals surface area (Å²) < 4.78 is 56.1. The zero-order valence-corrected chi connectivity index (χ0v) is 23.5. The van der Waals surface area contributed by atoms with Crippen LogP contribution in [0.4, 0.5) is 10.1 Å². The van der Waals surface area contributed by atoms with Crippen LogP contribution in [0.1, 0.15) is 35.8 Å². The number of aromatic nitrogens is 2. The van der Waals surface area contributed by atoms with Crippen molar-refractivity contribution >= 4 is 27.6 Å². The minimum atomic E-state index is -4.16. The summed E-state index contributed by atoms with van der Waals surface area (Å²) >= 11 is 0. The van der Waals surface area contributed by atoms with Crippen LogP contribution in [0.5, 0.6) is 11.6 Å². The fraction of sp³-hybridized carbons (Fsp3) is 0.370. The Bertz CT molecular complexity index is 1520. The fourth-order valence-corrected chi connectivity index (χ4v) is 5.46. The molecule has 0 bridgehead atoms. The topological polar surface area (TPSA) is 152 Å². The number of halogens is 1. The Kier molecular flexibility index (Phi) is 9.70. The second-order valence-electron chi connectivity index (χ2n) is 9.35. The van der Waals surface area contributed by atoms with E-state index >= 15 is 0 Å².